The smallest absolute Gasteiger partial charge is 0.228 e. The van der Waals surface area contributed by atoms with Crippen molar-refractivity contribution in [3.05, 3.63) is 0 Å². The summed E-state index contributed by atoms with van der Waals surface area (Å²) in [5.41, 5.74) is -0.377. The van der Waals surface area contributed by atoms with E-state index in [1.807, 2.05) is 25.7 Å². The Kier molecular flexibility index (Phi) is 9.47. The minimum absolute atomic E-state index is 0.00853. The number of likely N-dealkylation sites (N-methyl/N-ethyl adjacent to an activating group) is 1. The molecule has 0 saturated heterocycles. The second-order valence-corrected chi connectivity index (χ2v) is 8.93. The van der Waals surface area contributed by atoms with Gasteiger partial charge in [-0.2, -0.15) is 0 Å². The van der Waals surface area contributed by atoms with E-state index in [1.165, 1.54) is 0 Å². The first-order chi connectivity index (χ1) is 10.8. The van der Waals surface area contributed by atoms with Crippen LogP contribution in [0.1, 0.15) is 55.4 Å². The zero-order valence-electron chi connectivity index (χ0n) is 17.3. The van der Waals surface area contributed by atoms with E-state index >= 15 is 0 Å². The highest BCUT2D eigenvalue weighted by molar-refractivity contribution is 5.81. The van der Waals surface area contributed by atoms with Crippen LogP contribution in [0.15, 0.2) is 0 Å². The van der Waals surface area contributed by atoms with E-state index in [4.69, 9.17) is 9.84 Å². The third-order valence-corrected chi connectivity index (χ3v) is 4.40. The van der Waals surface area contributed by atoms with Crippen LogP contribution >= 0.6 is 0 Å². The van der Waals surface area contributed by atoms with E-state index in [1.54, 1.807) is 0 Å². The molecule has 0 spiro atoms. The Balaban J connectivity index is 5.20. The SMILES string of the molecule is CC(C)C(CN(CCOCCO)C(=O)C(C)(C)C)N(C)C(C)(C)C. The van der Waals surface area contributed by atoms with Gasteiger partial charge in [0.2, 0.25) is 5.91 Å². The summed E-state index contributed by atoms with van der Waals surface area (Å²) in [6.45, 7) is 18.9. The number of hydrogen-bond donors (Lipinski definition) is 1. The summed E-state index contributed by atoms with van der Waals surface area (Å²) in [4.78, 5) is 17.1. The van der Waals surface area contributed by atoms with Crippen LogP contribution in [-0.2, 0) is 9.53 Å². The molecule has 5 nitrogen and oxygen atoms in total. The molecule has 1 amide bonds. The van der Waals surface area contributed by atoms with Crippen LogP contribution in [0.25, 0.3) is 0 Å². The minimum Gasteiger partial charge on any atom is -0.394 e. The number of aliphatic hydroxyl groups is 1. The van der Waals surface area contributed by atoms with Gasteiger partial charge in [-0.05, 0) is 33.7 Å². The minimum atomic E-state index is -0.418. The zero-order chi connectivity index (χ0) is 19.1. The fourth-order valence-electron chi connectivity index (χ4n) is 2.60. The normalized spacial score (nSPS) is 14.3. The van der Waals surface area contributed by atoms with Crippen LogP contribution in [0, 0.1) is 11.3 Å². The second-order valence-electron chi connectivity index (χ2n) is 8.93. The van der Waals surface area contributed by atoms with E-state index in [0.29, 0.717) is 32.2 Å². The van der Waals surface area contributed by atoms with Crippen LogP contribution in [0.2, 0.25) is 0 Å². The molecule has 0 fully saturated rings. The summed E-state index contributed by atoms with van der Waals surface area (Å²) >= 11 is 0. The quantitative estimate of drug-likeness (QED) is 0.653. The molecule has 0 aliphatic carbocycles. The number of nitrogens with zero attached hydrogens (tertiary/aromatic N) is 2. The van der Waals surface area contributed by atoms with Crippen molar-refractivity contribution < 1.29 is 14.6 Å². The van der Waals surface area contributed by atoms with Gasteiger partial charge in [-0.1, -0.05) is 34.6 Å². The largest absolute Gasteiger partial charge is 0.394 e. The van der Waals surface area contributed by atoms with E-state index in [-0.39, 0.29) is 24.1 Å². The maximum absolute atomic E-state index is 12.9. The summed E-state index contributed by atoms with van der Waals surface area (Å²) in [6.07, 6.45) is 0. The molecule has 0 aliphatic rings. The molecular weight excluding hydrogens is 304 g/mol. The van der Waals surface area contributed by atoms with Gasteiger partial charge in [0.25, 0.3) is 0 Å². The monoisotopic (exact) mass is 344 g/mol. The number of carbonyl (C=O) groups excluding carboxylic acids is 1. The average molecular weight is 345 g/mol. The third kappa shape index (κ3) is 7.95. The third-order valence-electron chi connectivity index (χ3n) is 4.40. The topological polar surface area (TPSA) is 53.0 Å². The van der Waals surface area contributed by atoms with E-state index in [0.717, 1.165) is 0 Å². The number of ether oxygens (including phenoxy) is 1. The summed E-state index contributed by atoms with van der Waals surface area (Å²) in [5.74, 6) is 0.575. The highest BCUT2D eigenvalue weighted by atomic mass is 16.5. The van der Waals surface area contributed by atoms with Crippen molar-refractivity contribution in [3.63, 3.8) is 0 Å². The molecule has 24 heavy (non-hydrogen) atoms. The maximum Gasteiger partial charge on any atom is 0.228 e. The van der Waals surface area contributed by atoms with E-state index in [9.17, 15) is 4.79 Å². The highest BCUT2D eigenvalue weighted by Crippen LogP contribution is 2.23. The molecular formula is C19H40N2O3. The molecule has 5 heteroatoms. The zero-order valence-corrected chi connectivity index (χ0v) is 17.3. The molecule has 0 aromatic heterocycles. The molecule has 144 valence electrons. The molecule has 0 rings (SSSR count). The van der Waals surface area contributed by atoms with Gasteiger partial charge in [0.05, 0.1) is 19.8 Å². The Morgan fingerprint density at radius 2 is 1.62 bits per heavy atom. The first kappa shape index (κ1) is 23.4. The molecule has 0 saturated carbocycles. The lowest BCUT2D eigenvalue weighted by Crippen LogP contribution is -2.55. The molecule has 1 N–H and O–H groups in total. The van der Waals surface area contributed by atoms with E-state index in [2.05, 4.69) is 46.6 Å². The lowest BCUT2D eigenvalue weighted by Gasteiger charge is -2.43. The van der Waals surface area contributed by atoms with Crippen molar-refractivity contribution in [2.45, 2.75) is 67.0 Å². The Hall–Kier alpha value is -0.650. The first-order valence-corrected chi connectivity index (χ1v) is 9.03. The Labute approximate surface area is 149 Å². The average Bonchev–Trinajstić information content (AvgIpc) is 2.43. The molecule has 0 bridgehead atoms. The Morgan fingerprint density at radius 1 is 1.08 bits per heavy atom. The number of rotatable bonds is 9. The molecule has 1 unspecified atom stereocenters. The second kappa shape index (κ2) is 9.73. The molecule has 1 atom stereocenters. The maximum atomic E-state index is 12.9. The van der Waals surface area contributed by atoms with Crippen molar-refractivity contribution in [3.8, 4) is 0 Å². The van der Waals surface area contributed by atoms with Crippen molar-refractivity contribution >= 4 is 5.91 Å². The number of hydrogen-bond acceptors (Lipinski definition) is 4. The number of carbonyl (C=O) groups is 1. The van der Waals surface area contributed by atoms with Crippen molar-refractivity contribution in [2.75, 3.05) is 40.0 Å². The lowest BCUT2D eigenvalue weighted by molar-refractivity contribution is -0.141. The Morgan fingerprint density at radius 3 is 2.00 bits per heavy atom. The van der Waals surface area contributed by atoms with Crippen LogP contribution < -0.4 is 0 Å². The molecule has 0 aromatic carbocycles. The predicted molar refractivity (Wildman–Crippen MR) is 100 cm³/mol. The van der Waals surface area contributed by atoms with Crippen LogP contribution in [0.3, 0.4) is 0 Å². The molecule has 0 radical (unpaired) electrons. The summed E-state index contributed by atoms with van der Waals surface area (Å²) in [7, 11) is 2.13. The predicted octanol–water partition coefficient (Wildman–Crippen LogP) is 2.62. The van der Waals surface area contributed by atoms with Gasteiger partial charge in [-0.25, -0.2) is 0 Å². The number of amides is 1. The Bertz CT molecular complexity index is 370. The van der Waals surface area contributed by atoms with Gasteiger partial charge in [0.1, 0.15) is 0 Å². The molecule has 0 heterocycles. The van der Waals surface area contributed by atoms with Gasteiger partial charge < -0.3 is 14.7 Å². The van der Waals surface area contributed by atoms with Gasteiger partial charge >= 0.3 is 0 Å². The van der Waals surface area contributed by atoms with Crippen molar-refractivity contribution in [1.29, 1.82) is 0 Å². The fraction of sp³-hybridized carbons (Fsp3) is 0.947. The summed E-state index contributed by atoms with van der Waals surface area (Å²) < 4.78 is 5.39. The number of aliphatic hydroxyl groups excluding tert-OH is 1. The standard InChI is InChI=1S/C19H40N2O3/c1-15(2)16(20(9)19(6,7)8)14-21(10-12-24-13-11-22)17(23)18(3,4)5/h15-16,22H,10-14H2,1-9H3. The fourth-order valence-corrected chi connectivity index (χ4v) is 2.60. The van der Waals surface area contributed by atoms with Gasteiger partial charge in [0.15, 0.2) is 0 Å². The van der Waals surface area contributed by atoms with Crippen molar-refractivity contribution in [2.24, 2.45) is 11.3 Å². The first-order valence-electron chi connectivity index (χ1n) is 9.03. The van der Waals surface area contributed by atoms with Crippen LogP contribution in [-0.4, -0.2) is 72.4 Å². The molecule has 0 aliphatic heterocycles. The summed E-state index contributed by atoms with van der Waals surface area (Å²) in [6, 6.07) is 0.272. The van der Waals surface area contributed by atoms with Crippen LogP contribution in [0.4, 0.5) is 0 Å². The van der Waals surface area contributed by atoms with Gasteiger partial charge in [-0.15, -0.1) is 0 Å². The highest BCUT2D eigenvalue weighted by Gasteiger charge is 2.33. The van der Waals surface area contributed by atoms with Crippen LogP contribution in [0.5, 0.6) is 0 Å². The lowest BCUT2D eigenvalue weighted by atomic mass is 9.92. The van der Waals surface area contributed by atoms with Gasteiger partial charge in [0, 0.05) is 30.1 Å². The summed E-state index contributed by atoms with van der Waals surface area (Å²) in [5, 5.41) is 8.84. The van der Waals surface area contributed by atoms with E-state index < -0.39 is 5.41 Å². The molecule has 0 aromatic rings. The van der Waals surface area contributed by atoms with Crippen molar-refractivity contribution in [1.82, 2.24) is 9.80 Å². The van der Waals surface area contributed by atoms with Gasteiger partial charge in [-0.3, -0.25) is 9.69 Å².